The molecular weight excluding hydrogens is 521 g/mol. The Morgan fingerprint density at radius 3 is 2.38 bits per heavy atom. The fourth-order valence-corrected chi connectivity index (χ4v) is 6.10. The van der Waals surface area contributed by atoms with Gasteiger partial charge >= 0.3 is 6.18 Å². The summed E-state index contributed by atoms with van der Waals surface area (Å²) in [7, 11) is -4.07. The number of rotatable bonds is 6. The van der Waals surface area contributed by atoms with E-state index in [1.807, 2.05) is 0 Å². The maximum atomic E-state index is 14.4. The van der Waals surface area contributed by atoms with Gasteiger partial charge < -0.3 is 5.32 Å². The first-order valence-corrected chi connectivity index (χ1v) is 12.5. The molecule has 3 heterocycles. The van der Waals surface area contributed by atoms with Crippen LogP contribution in [0.2, 0.25) is 0 Å². The van der Waals surface area contributed by atoms with Gasteiger partial charge in [-0.1, -0.05) is 0 Å². The highest BCUT2D eigenvalue weighted by Crippen LogP contribution is 2.51. The van der Waals surface area contributed by atoms with Crippen molar-refractivity contribution in [3.8, 4) is 11.3 Å². The summed E-state index contributed by atoms with van der Waals surface area (Å²) in [5, 5.41) is 2.56. The minimum absolute atomic E-state index is 0.0171. The number of aromatic nitrogens is 3. The van der Waals surface area contributed by atoms with Crippen LogP contribution in [-0.2, 0) is 27.5 Å². The van der Waals surface area contributed by atoms with Gasteiger partial charge in [0, 0.05) is 36.6 Å². The van der Waals surface area contributed by atoms with E-state index < -0.39 is 45.6 Å². The van der Waals surface area contributed by atoms with Crippen LogP contribution in [0.4, 0.5) is 22.0 Å². The zero-order valence-electron chi connectivity index (χ0n) is 18.8. The summed E-state index contributed by atoms with van der Waals surface area (Å²) < 4.78 is 93.1. The van der Waals surface area contributed by atoms with Crippen molar-refractivity contribution in [1.82, 2.24) is 24.6 Å². The second-order valence-electron chi connectivity index (χ2n) is 8.80. The molecule has 14 heteroatoms. The standard InChI is InChI=1S/C23H18F5N5O3S/c24-15-1-3-16(4-2-15)37(35,36)33-11-13-5-17(13)20(33)21(34)30-7-12-6-19(29-10-18(12)25)14-8-31-22(32-9-14)23(26,27)28/h1-4,6,8-10,13,17,20H,5,7,11H2,(H,30,34)/t13?,17-,20-/m0/s1. The Hall–Kier alpha value is -3.52. The lowest BCUT2D eigenvalue weighted by molar-refractivity contribution is -0.145. The molecule has 2 fully saturated rings. The minimum Gasteiger partial charge on any atom is -0.351 e. The number of amides is 1. The molecule has 37 heavy (non-hydrogen) atoms. The van der Waals surface area contributed by atoms with Crippen molar-refractivity contribution in [2.45, 2.75) is 30.1 Å². The zero-order valence-corrected chi connectivity index (χ0v) is 19.6. The first-order valence-electron chi connectivity index (χ1n) is 11.0. The number of benzene rings is 1. The topological polar surface area (TPSA) is 105 Å². The summed E-state index contributed by atoms with van der Waals surface area (Å²) in [6.45, 7) is -0.176. The van der Waals surface area contributed by atoms with E-state index in [1.54, 1.807) is 0 Å². The van der Waals surface area contributed by atoms with Gasteiger partial charge in [0.1, 0.15) is 17.7 Å². The van der Waals surface area contributed by atoms with Gasteiger partial charge in [0.25, 0.3) is 0 Å². The number of carbonyl (C=O) groups excluding carboxylic acids is 1. The predicted molar refractivity (Wildman–Crippen MR) is 118 cm³/mol. The molecule has 0 spiro atoms. The first-order chi connectivity index (χ1) is 17.4. The Kier molecular flexibility index (Phi) is 6.18. The third kappa shape index (κ3) is 4.90. The molecule has 1 saturated heterocycles. The van der Waals surface area contributed by atoms with Gasteiger partial charge in [-0.05, 0) is 48.6 Å². The fraction of sp³-hybridized carbons (Fsp3) is 0.304. The number of fused-ring (bicyclic) bond motifs is 1. The maximum Gasteiger partial charge on any atom is 0.451 e. The van der Waals surface area contributed by atoms with Crippen LogP contribution in [0.1, 0.15) is 17.8 Å². The van der Waals surface area contributed by atoms with Crippen molar-refractivity contribution in [3.05, 3.63) is 71.9 Å². The van der Waals surface area contributed by atoms with Crippen LogP contribution in [0.25, 0.3) is 11.3 Å². The predicted octanol–water partition coefficient (Wildman–Crippen LogP) is 3.16. The van der Waals surface area contributed by atoms with E-state index in [1.165, 1.54) is 6.07 Å². The molecule has 1 aliphatic carbocycles. The van der Waals surface area contributed by atoms with Crippen molar-refractivity contribution in [1.29, 1.82) is 0 Å². The number of piperidine rings is 1. The number of nitrogens with one attached hydrogen (secondary N) is 1. The van der Waals surface area contributed by atoms with Crippen LogP contribution in [0, 0.1) is 23.5 Å². The van der Waals surface area contributed by atoms with E-state index in [-0.39, 0.29) is 46.6 Å². The number of halogens is 5. The van der Waals surface area contributed by atoms with E-state index in [0.717, 1.165) is 47.2 Å². The number of alkyl halides is 3. The molecule has 1 aliphatic heterocycles. The quantitative estimate of drug-likeness (QED) is 0.483. The van der Waals surface area contributed by atoms with Crippen molar-refractivity contribution < 1.29 is 35.2 Å². The van der Waals surface area contributed by atoms with E-state index in [9.17, 15) is 35.2 Å². The van der Waals surface area contributed by atoms with Gasteiger partial charge in [0.2, 0.25) is 21.8 Å². The number of sulfonamides is 1. The Balaban J connectivity index is 1.32. The SMILES string of the molecule is O=C(NCc1cc(-c2cnc(C(F)(F)F)nc2)ncc1F)[C@@H]1[C@H]2CC2CN1S(=O)(=O)c1ccc(F)cc1. The number of pyridine rings is 1. The normalized spacial score (nSPS) is 21.5. The van der Waals surface area contributed by atoms with Gasteiger partial charge in [-0.25, -0.2) is 27.2 Å². The second kappa shape index (κ2) is 9.10. The van der Waals surface area contributed by atoms with E-state index >= 15 is 0 Å². The number of carbonyl (C=O) groups is 1. The monoisotopic (exact) mass is 539 g/mol. The molecule has 194 valence electrons. The number of hydrogen-bond acceptors (Lipinski definition) is 6. The highest BCUT2D eigenvalue weighted by molar-refractivity contribution is 7.89. The fourth-order valence-electron chi connectivity index (χ4n) is 4.41. The summed E-state index contributed by atoms with van der Waals surface area (Å²) >= 11 is 0. The third-order valence-corrected chi connectivity index (χ3v) is 8.25. The summed E-state index contributed by atoms with van der Waals surface area (Å²) in [5.74, 6) is -3.48. The summed E-state index contributed by atoms with van der Waals surface area (Å²) in [4.78, 5) is 23.3. The zero-order chi connectivity index (χ0) is 26.5. The molecule has 1 saturated carbocycles. The molecular formula is C23H18F5N5O3S. The summed E-state index contributed by atoms with van der Waals surface area (Å²) in [6.07, 6.45) is -1.38. The smallest absolute Gasteiger partial charge is 0.351 e. The van der Waals surface area contributed by atoms with Gasteiger partial charge in [-0.2, -0.15) is 17.5 Å². The molecule has 8 nitrogen and oxygen atoms in total. The molecule has 3 atom stereocenters. The van der Waals surface area contributed by atoms with Crippen molar-refractivity contribution in [3.63, 3.8) is 0 Å². The molecule has 2 aromatic heterocycles. The van der Waals surface area contributed by atoms with Gasteiger partial charge in [-0.3, -0.25) is 9.78 Å². The molecule has 0 radical (unpaired) electrons. The Morgan fingerprint density at radius 1 is 1.05 bits per heavy atom. The Bertz CT molecular complexity index is 1450. The van der Waals surface area contributed by atoms with Crippen LogP contribution in [-0.4, -0.2) is 46.2 Å². The highest BCUT2D eigenvalue weighted by Gasteiger charge is 2.58. The molecule has 3 aromatic rings. The van der Waals surface area contributed by atoms with Crippen LogP contribution >= 0.6 is 0 Å². The molecule has 1 aromatic carbocycles. The molecule has 1 unspecified atom stereocenters. The van der Waals surface area contributed by atoms with Crippen molar-refractivity contribution >= 4 is 15.9 Å². The van der Waals surface area contributed by atoms with Crippen LogP contribution in [0.3, 0.4) is 0 Å². The van der Waals surface area contributed by atoms with Crippen LogP contribution < -0.4 is 5.32 Å². The lowest BCUT2D eigenvalue weighted by atomic mass is 10.1. The Labute approximate surface area is 207 Å². The molecule has 1 amide bonds. The second-order valence-corrected chi connectivity index (χ2v) is 10.7. The number of hydrogen-bond donors (Lipinski definition) is 1. The first kappa shape index (κ1) is 25.1. The van der Waals surface area contributed by atoms with Crippen molar-refractivity contribution in [2.75, 3.05) is 6.54 Å². The summed E-state index contributed by atoms with van der Waals surface area (Å²) in [5.41, 5.74) is 0.174. The average molecular weight is 539 g/mol. The average Bonchev–Trinajstić information content (AvgIpc) is 3.52. The van der Waals surface area contributed by atoms with Gasteiger partial charge in [0.15, 0.2) is 0 Å². The summed E-state index contributed by atoms with van der Waals surface area (Å²) in [6, 6.07) is 4.52. The molecule has 2 aliphatic rings. The lowest BCUT2D eigenvalue weighted by Crippen LogP contribution is -2.48. The van der Waals surface area contributed by atoms with E-state index in [0.29, 0.717) is 6.42 Å². The van der Waals surface area contributed by atoms with Crippen LogP contribution in [0.5, 0.6) is 0 Å². The Morgan fingerprint density at radius 2 is 1.73 bits per heavy atom. The number of nitrogens with zero attached hydrogens (tertiary/aromatic N) is 4. The molecule has 1 N–H and O–H groups in total. The maximum absolute atomic E-state index is 14.4. The van der Waals surface area contributed by atoms with Crippen molar-refractivity contribution in [2.24, 2.45) is 11.8 Å². The van der Waals surface area contributed by atoms with E-state index in [4.69, 9.17) is 0 Å². The molecule has 0 bridgehead atoms. The van der Waals surface area contributed by atoms with Crippen LogP contribution in [0.15, 0.2) is 53.8 Å². The van der Waals surface area contributed by atoms with E-state index in [2.05, 4.69) is 20.3 Å². The highest BCUT2D eigenvalue weighted by atomic mass is 32.2. The third-order valence-electron chi connectivity index (χ3n) is 6.39. The minimum atomic E-state index is -4.72. The van der Waals surface area contributed by atoms with Gasteiger partial charge in [0.05, 0.1) is 16.8 Å². The van der Waals surface area contributed by atoms with Gasteiger partial charge in [-0.15, -0.1) is 0 Å². The molecule has 5 rings (SSSR count). The largest absolute Gasteiger partial charge is 0.451 e. The lowest BCUT2D eigenvalue weighted by Gasteiger charge is -2.26.